The minimum Gasteiger partial charge on any atom is -0.496 e. The third-order valence-electron chi connectivity index (χ3n) is 3.90. The number of methoxy groups -OCH3 is 1. The van der Waals surface area contributed by atoms with Crippen molar-refractivity contribution in [2.45, 2.75) is 13.5 Å². The van der Waals surface area contributed by atoms with Crippen molar-refractivity contribution in [3.63, 3.8) is 0 Å². The number of aryl methyl sites for hydroxylation is 1. The zero-order chi connectivity index (χ0) is 17.8. The molecule has 0 aliphatic heterocycles. The van der Waals surface area contributed by atoms with Crippen molar-refractivity contribution in [3.8, 4) is 11.4 Å². The molecule has 0 radical (unpaired) electrons. The van der Waals surface area contributed by atoms with Crippen LogP contribution in [0.15, 0.2) is 64.1 Å². The highest BCUT2D eigenvalue weighted by molar-refractivity contribution is 9.10. The molecule has 0 spiro atoms. The molecule has 1 heterocycles. The molecule has 0 saturated heterocycles. The topological polar surface area (TPSA) is 56.1 Å². The number of ether oxygens (including phenoxy) is 1. The van der Waals surface area contributed by atoms with Crippen molar-refractivity contribution in [1.29, 1.82) is 0 Å². The average Bonchev–Trinajstić information content (AvgIpc) is 2.63. The van der Waals surface area contributed by atoms with E-state index in [0.29, 0.717) is 12.4 Å². The second-order valence-corrected chi connectivity index (χ2v) is 6.40. The minimum atomic E-state index is -0.195. The summed E-state index contributed by atoms with van der Waals surface area (Å²) in [6.07, 6.45) is 3.28. The monoisotopic (exact) mass is 399 g/mol. The molecule has 3 rings (SSSR count). The van der Waals surface area contributed by atoms with Gasteiger partial charge in [-0.2, -0.15) is 0 Å². The van der Waals surface area contributed by atoms with Gasteiger partial charge in [-0.1, -0.05) is 34.1 Å². The number of hydrogen-bond donors (Lipinski definition) is 1. The Bertz CT molecular complexity index is 953. The van der Waals surface area contributed by atoms with Crippen molar-refractivity contribution < 1.29 is 4.74 Å². The Labute approximate surface area is 154 Å². The average molecular weight is 400 g/mol. The lowest BCUT2D eigenvalue weighted by Gasteiger charge is -2.12. The number of rotatable bonds is 5. The quantitative estimate of drug-likeness (QED) is 0.706. The molecule has 0 unspecified atom stereocenters. The van der Waals surface area contributed by atoms with Crippen LogP contribution in [0.2, 0.25) is 0 Å². The van der Waals surface area contributed by atoms with Gasteiger partial charge in [0.05, 0.1) is 7.11 Å². The summed E-state index contributed by atoms with van der Waals surface area (Å²) in [6.45, 7) is 2.44. The summed E-state index contributed by atoms with van der Waals surface area (Å²) in [5.41, 5.74) is 2.62. The Kier molecular flexibility index (Phi) is 5.19. The lowest BCUT2D eigenvalue weighted by molar-refractivity contribution is 0.410. The molecule has 0 saturated carbocycles. The highest BCUT2D eigenvalue weighted by Gasteiger charge is 2.09. The van der Waals surface area contributed by atoms with Gasteiger partial charge >= 0.3 is 0 Å². The van der Waals surface area contributed by atoms with Crippen LogP contribution < -0.4 is 15.6 Å². The SMILES string of the molecule is COc1ccccc1CNc1nccn(-c2ccc(Br)c(C)c2)c1=O. The molecule has 1 aromatic heterocycles. The molecule has 25 heavy (non-hydrogen) atoms. The maximum atomic E-state index is 12.7. The van der Waals surface area contributed by atoms with Crippen molar-refractivity contribution >= 4 is 21.7 Å². The zero-order valence-electron chi connectivity index (χ0n) is 14.0. The van der Waals surface area contributed by atoms with Gasteiger partial charge in [0.2, 0.25) is 0 Å². The number of halogens is 1. The first kappa shape index (κ1) is 17.2. The molecule has 0 bridgehead atoms. The van der Waals surface area contributed by atoms with Crippen LogP contribution in [0.25, 0.3) is 5.69 Å². The predicted molar refractivity (Wildman–Crippen MR) is 103 cm³/mol. The summed E-state index contributed by atoms with van der Waals surface area (Å²) in [6, 6.07) is 13.5. The Balaban J connectivity index is 1.89. The summed E-state index contributed by atoms with van der Waals surface area (Å²) < 4.78 is 7.92. The van der Waals surface area contributed by atoms with Gasteiger partial charge in [0.1, 0.15) is 5.75 Å². The van der Waals surface area contributed by atoms with Crippen LogP contribution in [-0.2, 0) is 6.54 Å². The first-order valence-electron chi connectivity index (χ1n) is 7.80. The van der Waals surface area contributed by atoms with Crippen LogP contribution in [0, 0.1) is 6.92 Å². The van der Waals surface area contributed by atoms with Crippen molar-refractivity contribution in [2.75, 3.05) is 12.4 Å². The van der Waals surface area contributed by atoms with Crippen LogP contribution in [-0.4, -0.2) is 16.7 Å². The normalized spacial score (nSPS) is 10.5. The summed E-state index contributed by atoms with van der Waals surface area (Å²) in [5, 5.41) is 3.11. The van der Waals surface area contributed by atoms with E-state index in [-0.39, 0.29) is 5.56 Å². The van der Waals surface area contributed by atoms with Crippen molar-refractivity contribution in [3.05, 3.63) is 80.8 Å². The van der Waals surface area contributed by atoms with Crippen LogP contribution in [0.3, 0.4) is 0 Å². The highest BCUT2D eigenvalue weighted by atomic mass is 79.9. The lowest BCUT2D eigenvalue weighted by Crippen LogP contribution is -2.23. The molecule has 2 aromatic carbocycles. The minimum absolute atomic E-state index is 0.195. The van der Waals surface area contributed by atoms with Crippen molar-refractivity contribution in [1.82, 2.24) is 9.55 Å². The summed E-state index contributed by atoms with van der Waals surface area (Å²) >= 11 is 3.48. The molecule has 128 valence electrons. The van der Waals surface area contributed by atoms with Crippen molar-refractivity contribution in [2.24, 2.45) is 0 Å². The molecular weight excluding hydrogens is 382 g/mol. The summed E-state index contributed by atoms with van der Waals surface area (Å²) in [7, 11) is 1.63. The number of benzene rings is 2. The van der Waals surface area contributed by atoms with Gasteiger partial charge in [0.25, 0.3) is 5.56 Å². The fraction of sp³-hybridized carbons (Fsp3) is 0.158. The maximum Gasteiger partial charge on any atom is 0.297 e. The van der Waals surface area contributed by atoms with E-state index in [1.165, 1.54) is 0 Å². The molecule has 0 amide bonds. The van der Waals surface area contributed by atoms with Gasteiger partial charge in [0.15, 0.2) is 5.82 Å². The molecule has 6 heteroatoms. The largest absolute Gasteiger partial charge is 0.496 e. The number of nitrogens with one attached hydrogen (secondary N) is 1. The fourth-order valence-electron chi connectivity index (χ4n) is 2.54. The number of nitrogens with zero attached hydrogens (tertiary/aromatic N) is 2. The van der Waals surface area contributed by atoms with Gasteiger partial charge < -0.3 is 10.1 Å². The van der Waals surface area contributed by atoms with Gasteiger partial charge in [-0.05, 0) is 36.8 Å². The van der Waals surface area contributed by atoms with Crippen LogP contribution in [0.4, 0.5) is 5.82 Å². The molecule has 3 aromatic rings. The Morgan fingerprint density at radius 2 is 2.04 bits per heavy atom. The van der Waals surface area contributed by atoms with Crippen LogP contribution in [0.5, 0.6) is 5.75 Å². The van der Waals surface area contributed by atoms with Gasteiger partial charge in [-0.25, -0.2) is 4.98 Å². The van der Waals surface area contributed by atoms with E-state index in [2.05, 4.69) is 26.2 Å². The standard InChI is InChI=1S/C19H18BrN3O2/c1-13-11-15(7-8-16(13)20)23-10-9-21-18(19(23)24)22-12-14-5-3-4-6-17(14)25-2/h3-11H,12H2,1-2H3,(H,21,22). The lowest BCUT2D eigenvalue weighted by atomic mass is 10.2. The van der Waals surface area contributed by atoms with Gasteiger partial charge in [0, 0.05) is 34.7 Å². The molecule has 1 N–H and O–H groups in total. The molecular formula is C19H18BrN3O2. The smallest absolute Gasteiger partial charge is 0.297 e. The Morgan fingerprint density at radius 3 is 2.80 bits per heavy atom. The molecule has 0 atom stereocenters. The summed E-state index contributed by atoms with van der Waals surface area (Å²) in [5.74, 6) is 1.07. The number of hydrogen-bond acceptors (Lipinski definition) is 4. The molecule has 0 fully saturated rings. The third kappa shape index (κ3) is 3.74. The molecule has 0 aliphatic carbocycles. The second kappa shape index (κ2) is 7.53. The number of para-hydroxylation sites is 1. The first-order chi connectivity index (χ1) is 12.1. The van der Waals surface area contributed by atoms with Crippen LogP contribution in [0.1, 0.15) is 11.1 Å². The molecule has 0 aliphatic rings. The molecule has 5 nitrogen and oxygen atoms in total. The van der Waals surface area contributed by atoms with Crippen LogP contribution >= 0.6 is 15.9 Å². The third-order valence-corrected chi connectivity index (χ3v) is 4.79. The van der Waals surface area contributed by atoms with E-state index in [0.717, 1.165) is 27.0 Å². The number of aromatic nitrogens is 2. The first-order valence-corrected chi connectivity index (χ1v) is 8.59. The predicted octanol–water partition coefficient (Wildman–Crippen LogP) is 3.92. The van der Waals surface area contributed by atoms with E-state index >= 15 is 0 Å². The number of anilines is 1. The second-order valence-electron chi connectivity index (χ2n) is 5.55. The van der Waals surface area contributed by atoms with E-state index < -0.39 is 0 Å². The fourth-order valence-corrected chi connectivity index (χ4v) is 2.79. The van der Waals surface area contributed by atoms with E-state index in [9.17, 15) is 4.79 Å². The highest BCUT2D eigenvalue weighted by Crippen LogP contribution is 2.20. The van der Waals surface area contributed by atoms with E-state index in [4.69, 9.17) is 4.74 Å². The van der Waals surface area contributed by atoms with Gasteiger partial charge in [-0.15, -0.1) is 0 Å². The van der Waals surface area contributed by atoms with Gasteiger partial charge in [-0.3, -0.25) is 9.36 Å². The van der Waals surface area contributed by atoms with E-state index in [1.54, 1.807) is 24.1 Å². The van der Waals surface area contributed by atoms with E-state index in [1.807, 2.05) is 49.4 Å². The Morgan fingerprint density at radius 1 is 1.24 bits per heavy atom. The maximum absolute atomic E-state index is 12.7. The summed E-state index contributed by atoms with van der Waals surface area (Å²) in [4.78, 5) is 16.9. The zero-order valence-corrected chi connectivity index (χ0v) is 15.6. The Hall–Kier alpha value is -2.60.